The molecule has 2 aromatic carbocycles. The standard InChI is InChI=1S/C15H18N2O3S/c1-9-4-5-12(8-14(9)18)17-21(19,20)15-7-11(3)10(2)6-13(15)16/h4-8,17-18H,16H2,1-3H3. The lowest BCUT2D eigenvalue weighted by Gasteiger charge is -2.13. The van der Waals surface area contributed by atoms with E-state index in [4.69, 9.17) is 5.73 Å². The van der Waals surface area contributed by atoms with Gasteiger partial charge in [-0.2, -0.15) is 0 Å². The Balaban J connectivity index is 2.43. The van der Waals surface area contributed by atoms with Crippen molar-refractivity contribution < 1.29 is 13.5 Å². The summed E-state index contributed by atoms with van der Waals surface area (Å²) in [7, 11) is -3.80. The molecular weight excluding hydrogens is 288 g/mol. The van der Waals surface area contributed by atoms with E-state index < -0.39 is 10.0 Å². The van der Waals surface area contributed by atoms with Crippen LogP contribution in [0.1, 0.15) is 16.7 Å². The Kier molecular flexibility index (Phi) is 3.82. The van der Waals surface area contributed by atoms with Crippen LogP contribution in [0, 0.1) is 20.8 Å². The fourth-order valence-corrected chi connectivity index (χ4v) is 3.18. The van der Waals surface area contributed by atoms with Crippen molar-refractivity contribution in [2.75, 3.05) is 10.5 Å². The minimum absolute atomic E-state index is 0.0308. The number of aromatic hydroxyl groups is 1. The molecule has 2 aromatic rings. The maximum Gasteiger partial charge on any atom is 0.263 e. The average Bonchev–Trinajstić information content (AvgIpc) is 2.37. The number of rotatable bonds is 3. The molecule has 0 aliphatic rings. The number of phenolic OH excluding ortho intramolecular Hbond substituents is 1. The lowest BCUT2D eigenvalue weighted by Crippen LogP contribution is -2.15. The molecule has 6 heteroatoms. The van der Waals surface area contributed by atoms with Crippen molar-refractivity contribution in [3.63, 3.8) is 0 Å². The Morgan fingerprint density at radius 3 is 2.24 bits per heavy atom. The summed E-state index contributed by atoms with van der Waals surface area (Å²) < 4.78 is 27.2. The molecule has 0 bridgehead atoms. The third-order valence-corrected chi connectivity index (χ3v) is 4.81. The van der Waals surface area contributed by atoms with Gasteiger partial charge in [-0.25, -0.2) is 8.42 Å². The van der Waals surface area contributed by atoms with Gasteiger partial charge in [-0.15, -0.1) is 0 Å². The Morgan fingerprint density at radius 2 is 1.62 bits per heavy atom. The number of benzene rings is 2. The van der Waals surface area contributed by atoms with E-state index in [1.165, 1.54) is 6.07 Å². The summed E-state index contributed by atoms with van der Waals surface area (Å²) in [5.74, 6) is 0.0308. The van der Waals surface area contributed by atoms with Gasteiger partial charge in [0.25, 0.3) is 10.0 Å². The summed E-state index contributed by atoms with van der Waals surface area (Å²) in [4.78, 5) is 0.0330. The molecule has 4 N–H and O–H groups in total. The summed E-state index contributed by atoms with van der Waals surface area (Å²) in [5.41, 5.74) is 8.74. The van der Waals surface area contributed by atoms with Crippen LogP contribution in [0.15, 0.2) is 35.2 Å². The zero-order valence-electron chi connectivity index (χ0n) is 12.1. The maximum absolute atomic E-state index is 12.4. The molecule has 0 heterocycles. The van der Waals surface area contributed by atoms with Gasteiger partial charge in [-0.05, 0) is 55.7 Å². The summed E-state index contributed by atoms with van der Waals surface area (Å²) in [6.45, 7) is 5.42. The van der Waals surface area contributed by atoms with Crippen molar-refractivity contribution in [3.8, 4) is 5.75 Å². The van der Waals surface area contributed by atoms with Crippen LogP contribution in [0.3, 0.4) is 0 Å². The number of phenols is 1. The lowest BCUT2D eigenvalue weighted by molar-refractivity contribution is 0.471. The predicted octanol–water partition coefficient (Wildman–Crippen LogP) is 2.70. The Labute approximate surface area is 124 Å². The number of nitrogens with one attached hydrogen (secondary N) is 1. The largest absolute Gasteiger partial charge is 0.508 e. The van der Waals surface area contributed by atoms with Crippen LogP contribution in [-0.2, 0) is 10.0 Å². The van der Waals surface area contributed by atoms with E-state index in [-0.39, 0.29) is 22.0 Å². The Morgan fingerprint density at radius 1 is 1.00 bits per heavy atom. The topological polar surface area (TPSA) is 92.4 Å². The Bertz CT molecular complexity index is 799. The maximum atomic E-state index is 12.4. The zero-order valence-corrected chi connectivity index (χ0v) is 13.0. The van der Waals surface area contributed by atoms with Crippen molar-refractivity contribution in [2.24, 2.45) is 0 Å². The second-order valence-electron chi connectivity index (χ2n) is 5.08. The highest BCUT2D eigenvalue weighted by Gasteiger charge is 2.19. The number of anilines is 2. The second kappa shape index (κ2) is 5.29. The van der Waals surface area contributed by atoms with E-state index in [9.17, 15) is 13.5 Å². The zero-order chi connectivity index (χ0) is 15.8. The number of nitrogen functional groups attached to an aromatic ring is 1. The van der Waals surface area contributed by atoms with Crippen molar-refractivity contribution in [2.45, 2.75) is 25.7 Å². The molecule has 0 aliphatic heterocycles. The first kappa shape index (κ1) is 15.2. The normalized spacial score (nSPS) is 11.4. The fraction of sp³-hybridized carbons (Fsp3) is 0.200. The summed E-state index contributed by atoms with van der Waals surface area (Å²) in [6.07, 6.45) is 0. The van der Waals surface area contributed by atoms with Crippen LogP contribution in [0.2, 0.25) is 0 Å². The highest BCUT2D eigenvalue weighted by atomic mass is 32.2. The number of hydrogen-bond acceptors (Lipinski definition) is 4. The average molecular weight is 306 g/mol. The van der Waals surface area contributed by atoms with E-state index in [2.05, 4.69) is 4.72 Å². The lowest BCUT2D eigenvalue weighted by atomic mass is 10.1. The van der Waals surface area contributed by atoms with E-state index in [1.54, 1.807) is 31.2 Å². The molecule has 0 amide bonds. The third-order valence-electron chi connectivity index (χ3n) is 3.38. The predicted molar refractivity (Wildman–Crippen MR) is 84.0 cm³/mol. The van der Waals surface area contributed by atoms with Gasteiger partial charge in [0.05, 0.1) is 11.4 Å². The molecule has 0 atom stereocenters. The van der Waals surface area contributed by atoms with Crippen LogP contribution in [-0.4, -0.2) is 13.5 Å². The number of sulfonamides is 1. The summed E-state index contributed by atoms with van der Waals surface area (Å²) in [6, 6.07) is 7.77. The molecule has 21 heavy (non-hydrogen) atoms. The van der Waals surface area contributed by atoms with Crippen LogP contribution in [0.4, 0.5) is 11.4 Å². The number of nitrogens with two attached hydrogens (primary N) is 1. The first-order valence-electron chi connectivity index (χ1n) is 6.40. The van der Waals surface area contributed by atoms with Crippen LogP contribution in [0.25, 0.3) is 0 Å². The van der Waals surface area contributed by atoms with Crippen molar-refractivity contribution >= 4 is 21.4 Å². The summed E-state index contributed by atoms with van der Waals surface area (Å²) >= 11 is 0. The van der Waals surface area contributed by atoms with Crippen molar-refractivity contribution in [3.05, 3.63) is 47.0 Å². The SMILES string of the molecule is Cc1cc(N)c(S(=O)(=O)Nc2ccc(C)c(O)c2)cc1C. The van der Waals surface area contributed by atoms with Gasteiger partial charge < -0.3 is 10.8 Å². The fourth-order valence-electron chi connectivity index (χ4n) is 1.93. The third kappa shape index (κ3) is 3.11. The second-order valence-corrected chi connectivity index (χ2v) is 6.73. The van der Waals surface area contributed by atoms with Crippen LogP contribution >= 0.6 is 0 Å². The molecule has 0 spiro atoms. The van der Waals surface area contributed by atoms with E-state index >= 15 is 0 Å². The molecule has 0 fully saturated rings. The van der Waals surface area contributed by atoms with Gasteiger partial charge in [0.2, 0.25) is 0 Å². The van der Waals surface area contributed by atoms with Gasteiger partial charge in [0, 0.05) is 6.07 Å². The van der Waals surface area contributed by atoms with Gasteiger partial charge in [0.15, 0.2) is 0 Å². The first-order chi connectivity index (χ1) is 9.70. The smallest absolute Gasteiger partial charge is 0.263 e. The minimum Gasteiger partial charge on any atom is -0.508 e. The number of hydrogen-bond donors (Lipinski definition) is 3. The highest BCUT2D eigenvalue weighted by molar-refractivity contribution is 7.92. The van der Waals surface area contributed by atoms with Crippen LogP contribution in [0.5, 0.6) is 5.75 Å². The van der Waals surface area contributed by atoms with Gasteiger partial charge in [-0.3, -0.25) is 4.72 Å². The van der Waals surface area contributed by atoms with Gasteiger partial charge in [-0.1, -0.05) is 6.07 Å². The van der Waals surface area contributed by atoms with E-state index in [1.807, 2.05) is 13.8 Å². The molecule has 2 rings (SSSR count). The van der Waals surface area contributed by atoms with Crippen molar-refractivity contribution in [1.82, 2.24) is 0 Å². The molecule has 0 saturated carbocycles. The van der Waals surface area contributed by atoms with Gasteiger partial charge >= 0.3 is 0 Å². The Hall–Kier alpha value is -2.21. The quantitative estimate of drug-likeness (QED) is 0.760. The highest BCUT2D eigenvalue weighted by Crippen LogP contribution is 2.27. The van der Waals surface area contributed by atoms with Crippen LogP contribution < -0.4 is 10.5 Å². The molecule has 0 saturated heterocycles. The molecular formula is C15H18N2O3S. The molecule has 0 radical (unpaired) electrons. The van der Waals surface area contributed by atoms with E-state index in [0.717, 1.165) is 11.1 Å². The first-order valence-corrected chi connectivity index (χ1v) is 7.88. The van der Waals surface area contributed by atoms with Gasteiger partial charge in [0.1, 0.15) is 10.6 Å². The van der Waals surface area contributed by atoms with Crippen molar-refractivity contribution in [1.29, 1.82) is 0 Å². The molecule has 0 unspecified atom stereocenters. The minimum atomic E-state index is -3.80. The number of aryl methyl sites for hydroxylation is 3. The molecule has 0 aromatic heterocycles. The molecule has 5 nitrogen and oxygen atoms in total. The molecule has 112 valence electrons. The van der Waals surface area contributed by atoms with E-state index in [0.29, 0.717) is 5.56 Å². The monoisotopic (exact) mass is 306 g/mol. The summed E-state index contributed by atoms with van der Waals surface area (Å²) in [5, 5.41) is 9.64. The molecule has 0 aliphatic carbocycles.